The normalized spacial score (nSPS) is 18.2. The van der Waals surface area contributed by atoms with Gasteiger partial charge in [0.25, 0.3) is 0 Å². The molecule has 1 fully saturated rings. The van der Waals surface area contributed by atoms with Gasteiger partial charge in [-0.15, -0.1) is 0 Å². The fourth-order valence-electron chi connectivity index (χ4n) is 2.91. The van der Waals surface area contributed by atoms with E-state index in [1.807, 2.05) is 12.1 Å². The topological polar surface area (TPSA) is 57.5 Å². The third-order valence-corrected chi connectivity index (χ3v) is 3.94. The van der Waals surface area contributed by atoms with Gasteiger partial charge < -0.3 is 10.2 Å². The van der Waals surface area contributed by atoms with Gasteiger partial charge in [-0.3, -0.25) is 4.79 Å². The summed E-state index contributed by atoms with van der Waals surface area (Å²) in [5.41, 5.74) is 2.39. The van der Waals surface area contributed by atoms with Crippen molar-refractivity contribution in [2.24, 2.45) is 0 Å². The van der Waals surface area contributed by atoms with E-state index in [-0.39, 0.29) is 6.42 Å². The van der Waals surface area contributed by atoms with Crippen molar-refractivity contribution < 1.29 is 15.0 Å². The number of aliphatic carboxylic acids is 1. The van der Waals surface area contributed by atoms with Gasteiger partial charge in [-0.25, -0.2) is 0 Å². The largest absolute Gasteiger partial charge is 0.481 e. The number of hydrogen-bond donors (Lipinski definition) is 2. The van der Waals surface area contributed by atoms with Crippen molar-refractivity contribution in [1.29, 1.82) is 0 Å². The second kappa shape index (κ2) is 6.71. The lowest BCUT2D eigenvalue weighted by atomic mass is 9.84. The molecule has 19 heavy (non-hydrogen) atoms. The van der Waals surface area contributed by atoms with Crippen molar-refractivity contribution in [2.45, 2.75) is 57.0 Å². The molecule has 1 saturated carbocycles. The van der Waals surface area contributed by atoms with Crippen molar-refractivity contribution in [3.8, 4) is 0 Å². The van der Waals surface area contributed by atoms with Crippen LogP contribution in [0.2, 0.25) is 0 Å². The number of carbonyl (C=O) groups is 1. The highest BCUT2D eigenvalue weighted by Crippen LogP contribution is 2.32. The van der Waals surface area contributed by atoms with E-state index in [0.29, 0.717) is 12.3 Å². The first-order chi connectivity index (χ1) is 9.15. The molecule has 1 atom stereocenters. The van der Waals surface area contributed by atoms with Gasteiger partial charge in [-0.2, -0.15) is 0 Å². The predicted molar refractivity (Wildman–Crippen MR) is 74.2 cm³/mol. The molecular weight excluding hydrogens is 240 g/mol. The van der Waals surface area contributed by atoms with Crippen LogP contribution in [0.15, 0.2) is 24.3 Å². The Morgan fingerprint density at radius 2 is 1.79 bits per heavy atom. The maximum atomic E-state index is 10.5. The fourth-order valence-corrected chi connectivity index (χ4v) is 2.91. The van der Waals surface area contributed by atoms with Crippen molar-refractivity contribution in [2.75, 3.05) is 0 Å². The third kappa shape index (κ3) is 4.35. The van der Waals surface area contributed by atoms with E-state index in [2.05, 4.69) is 12.1 Å². The summed E-state index contributed by atoms with van der Waals surface area (Å²) in [5, 5.41) is 18.2. The van der Waals surface area contributed by atoms with Gasteiger partial charge in [0.1, 0.15) is 0 Å². The smallest absolute Gasteiger partial charge is 0.305 e. The number of aliphatic hydroxyl groups excluding tert-OH is 1. The van der Waals surface area contributed by atoms with Crippen molar-refractivity contribution in [3.05, 3.63) is 35.4 Å². The monoisotopic (exact) mass is 262 g/mol. The summed E-state index contributed by atoms with van der Waals surface area (Å²) in [5.74, 6) is -0.266. The van der Waals surface area contributed by atoms with E-state index in [1.165, 1.54) is 37.7 Å². The lowest BCUT2D eigenvalue weighted by Gasteiger charge is -2.22. The number of hydrogen-bond acceptors (Lipinski definition) is 2. The zero-order valence-corrected chi connectivity index (χ0v) is 11.2. The molecule has 0 bridgehead atoms. The molecule has 1 aliphatic rings. The lowest BCUT2D eigenvalue weighted by molar-refractivity contribution is -0.139. The molecule has 3 nitrogen and oxygen atoms in total. The molecule has 0 amide bonds. The molecule has 0 radical (unpaired) electrons. The summed E-state index contributed by atoms with van der Waals surface area (Å²) in [4.78, 5) is 10.5. The molecule has 2 rings (SSSR count). The minimum atomic E-state index is -0.952. The Kier molecular flexibility index (Phi) is 4.97. The molecule has 0 spiro atoms. The van der Waals surface area contributed by atoms with Crippen LogP contribution in [0.5, 0.6) is 0 Å². The van der Waals surface area contributed by atoms with Gasteiger partial charge in [0.2, 0.25) is 0 Å². The first-order valence-electron chi connectivity index (χ1n) is 7.14. The van der Waals surface area contributed by atoms with E-state index in [4.69, 9.17) is 5.11 Å². The minimum Gasteiger partial charge on any atom is -0.481 e. The van der Waals surface area contributed by atoms with E-state index in [1.54, 1.807) is 0 Å². The van der Waals surface area contributed by atoms with Gasteiger partial charge in [0.15, 0.2) is 0 Å². The van der Waals surface area contributed by atoms with Gasteiger partial charge in [-0.1, -0.05) is 43.5 Å². The average molecular weight is 262 g/mol. The van der Waals surface area contributed by atoms with Crippen LogP contribution < -0.4 is 0 Å². The molecule has 1 unspecified atom stereocenters. The van der Waals surface area contributed by atoms with E-state index < -0.39 is 12.1 Å². The Bertz CT molecular complexity index is 405. The molecule has 104 valence electrons. The number of carboxylic acids is 1. The number of benzene rings is 1. The van der Waals surface area contributed by atoms with Gasteiger partial charge in [0.05, 0.1) is 12.5 Å². The van der Waals surface area contributed by atoms with Gasteiger partial charge >= 0.3 is 5.97 Å². The van der Waals surface area contributed by atoms with Gasteiger partial charge in [-0.05, 0) is 36.3 Å². The van der Waals surface area contributed by atoms with Crippen LogP contribution in [-0.4, -0.2) is 22.3 Å². The second-order valence-corrected chi connectivity index (χ2v) is 5.53. The summed E-state index contributed by atoms with van der Waals surface area (Å²) in [7, 11) is 0. The maximum Gasteiger partial charge on any atom is 0.305 e. The SMILES string of the molecule is O=C(O)CC(O)Cc1ccc(C2CCCCC2)cc1. The summed E-state index contributed by atoms with van der Waals surface area (Å²) in [6.07, 6.45) is 5.99. The molecule has 0 aliphatic heterocycles. The summed E-state index contributed by atoms with van der Waals surface area (Å²) < 4.78 is 0. The quantitative estimate of drug-likeness (QED) is 0.857. The van der Waals surface area contributed by atoms with E-state index in [0.717, 1.165) is 5.56 Å². The summed E-state index contributed by atoms with van der Waals surface area (Å²) in [6.45, 7) is 0. The van der Waals surface area contributed by atoms with Crippen molar-refractivity contribution >= 4 is 5.97 Å². The van der Waals surface area contributed by atoms with Crippen molar-refractivity contribution in [3.63, 3.8) is 0 Å². The first-order valence-corrected chi connectivity index (χ1v) is 7.14. The average Bonchev–Trinajstić information content (AvgIpc) is 2.39. The molecule has 1 aromatic rings. The van der Waals surface area contributed by atoms with Crippen LogP contribution in [0.25, 0.3) is 0 Å². The number of aliphatic hydroxyl groups is 1. The first kappa shape index (κ1) is 14.1. The summed E-state index contributed by atoms with van der Waals surface area (Å²) in [6, 6.07) is 8.32. The molecule has 1 aromatic carbocycles. The molecule has 1 aliphatic carbocycles. The van der Waals surface area contributed by atoms with Crippen LogP contribution in [-0.2, 0) is 11.2 Å². The van der Waals surface area contributed by atoms with Crippen LogP contribution in [0.1, 0.15) is 55.6 Å². The Balaban J connectivity index is 1.92. The van der Waals surface area contributed by atoms with Crippen LogP contribution in [0.3, 0.4) is 0 Å². The lowest BCUT2D eigenvalue weighted by Crippen LogP contribution is -2.15. The zero-order chi connectivity index (χ0) is 13.7. The predicted octanol–water partition coefficient (Wildman–Crippen LogP) is 3.11. The van der Waals surface area contributed by atoms with Crippen molar-refractivity contribution in [1.82, 2.24) is 0 Å². The Morgan fingerprint density at radius 3 is 2.37 bits per heavy atom. The highest BCUT2D eigenvalue weighted by molar-refractivity contribution is 5.67. The fraction of sp³-hybridized carbons (Fsp3) is 0.562. The molecule has 0 heterocycles. The third-order valence-electron chi connectivity index (χ3n) is 3.94. The second-order valence-electron chi connectivity index (χ2n) is 5.53. The number of rotatable bonds is 5. The molecule has 2 N–H and O–H groups in total. The van der Waals surface area contributed by atoms with Crippen LogP contribution in [0, 0.1) is 0 Å². The van der Waals surface area contributed by atoms with Crippen LogP contribution >= 0.6 is 0 Å². The maximum absolute atomic E-state index is 10.5. The van der Waals surface area contributed by atoms with E-state index >= 15 is 0 Å². The zero-order valence-electron chi connectivity index (χ0n) is 11.2. The highest BCUT2D eigenvalue weighted by atomic mass is 16.4. The Morgan fingerprint density at radius 1 is 1.16 bits per heavy atom. The van der Waals surface area contributed by atoms with Crippen LogP contribution in [0.4, 0.5) is 0 Å². The highest BCUT2D eigenvalue weighted by Gasteiger charge is 2.15. The summed E-state index contributed by atoms with van der Waals surface area (Å²) >= 11 is 0. The Labute approximate surface area is 114 Å². The molecule has 0 aromatic heterocycles. The Hall–Kier alpha value is -1.35. The van der Waals surface area contributed by atoms with Gasteiger partial charge in [0, 0.05) is 0 Å². The molecule has 0 saturated heterocycles. The minimum absolute atomic E-state index is 0.190. The standard InChI is InChI=1S/C16H22O3/c17-15(11-16(18)19)10-12-6-8-14(9-7-12)13-4-2-1-3-5-13/h6-9,13,15,17H,1-5,10-11H2,(H,18,19). The molecule has 3 heteroatoms. The number of carboxylic acid groups (broad SMARTS) is 1. The molecular formula is C16H22O3. The van der Waals surface area contributed by atoms with E-state index in [9.17, 15) is 9.90 Å².